The highest BCUT2D eigenvalue weighted by Gasteiger charge is 2.15. The Balaban J connectivity index is 2.22. The lowest BCUT2D eigenvalue weighted by atomic mass is 10.0. The van der Waals surface area contributed by atoms with E-state index >= 15 is 0 Å². The molecule has 4 nitrogen and oxygen atoms in total. The average Bonchev–Trinajstić information content (AvgIpc) is 2.57. The van der Waals surface area contributed by atoms with Crippen LogP contribution in [0.4, 0.5) is 0 Å². The molecule has 5 heteroatoms. The van der Waals surface area contributed by atoms with Gasteiger partial charge in [0.15, 0.2) is 0 Å². The summed E-state index contributed by atoms with van der Waals surface area (Å²) in [6, 6.07) is 3.85. The molecule has 2 aromatic heterocycles. The summed E-state index contributed by atoms with van der Waals surface area (Å²) in [5.41, 5.74) is 9.38. The van der Waals surface area contributed by atoms with Crippen molar-refractivity contribution in [1.82, 2.24) is 14.8 Å². The first kappa shape index (κ1) is 12.3. The van der Waals surface area contributed by atoms with Crippen LogP contribution < -0.4 is 5.73 Å². The molecule has 0 aliphatic carbocycles. The van der Waals surface area contributed by atoms with Gasteiger partial charge in [-0.3, -0.25) is 9.67 Å². The Labute approximate surface area is 109 Å². The van der Waals surface area contributed by atoms with Crippen LogP contribution >= 0.6 is 15.9 Å². The average molecular weight is 295 g/mol. The minimum Gasteiger partial charge on any atom is -0.324 e. The van der Waals surface area contributed by atoms with Gasteiger partial charge in [-0.15, -0.1) is 0 Å². The second-order valence-corrected chi connectivity index (χ2v) is 4.85. The zero-order chi connectivity index (χ0) is 12.4. The third-order valence-electron chi connectivity index (χ3n) is 2.81. The Hall–Kier alpha value is -1.20. The van der Waals surface area contributed by atoms with Gasteiger partial charge in [-0.25, -0.2) is 0 Å². The van der Waals surface area contributed by atoms with Crippen LogP contribution in [-0.2, 0) is 13.5 Å². The van der Waals surface area contributed by atoms with E-state index in [4.69, 9.17) is 5.73 Å². The number of aromatic nitrogens is 3. The van der Waals surface area contributed by atoms with E-state index in [1.165, 1.54) is 0 Å². The lowest BCUT2D eigenvalue weighted by Crippen LogP contribution is -2.15. The molecule has 2 N–H and O–H groups in total. The van der Waals surface area contributed by atoms with Crippen LogP contribution in [0.2, 0.25) is 0 Å². The van der Waals surface area contributed by atoms with Crippen molar-refractivity contribution in [3.8, 4) is 0 Å². The SMILES string of the molecule is Cc1nn(C)c(CC(N)c2ccncc2)c1Br. The van der Waals surface area contributed by atoms with E-state index in [0.29, 0.717) is 0 Å². The molecule has 90 valence electrons. The van der Waals surface area contributed by atoms with Gasteiger partial charge < -0.3 is 5.73 Å². The summed E-state index contributed by atoms with van der Waals surface area (Å²) >= 11 is 3.55. The van der Waals surface area contributed by atoms with Gasteiger partial charge in [0.25, 0.3) is 0 Å². The van der Waals surface area contributed by atoms with Gasteiger partial charge in [-0.05, 0) is 40.5 Å². The maximum absolute atomic E-state index is 6.18. The van der Waals surface area contributed by atoms with E-state index in [1.54, 1.807) is 12.4 Å². The summed E-state index contributed by atoms with van der Waals surface area (Å²) in [6.07, 6.45) is 4.28. The second kappa shape index (κ2) is 4.98. The van der Waals surface area contributed by atoms with E-state index in [1.807, 2.05) is 30.8 Å². The zero-order valence-electron chi connectivity index (χ0n) is 9.89. The van der Waals surface area contributed by atoms with E-state index in [2.05, 4.69) is 26.0 Å². The van der Waals surface area contributed by atoms with Crippen LogP contribution in [-0.4, -0.2) is 14.8 Å². The van der Waals surface area contributed by atoms with Gasteiger partial charge in [-0.2, -0.15) is 5.10 Å². The third-order valence-corrected chi connectivity index (χ3v) is 3.84. The fourth-order valence-electron chi connectivity index (χ4n) is 1.84. The van der Waals surface area contributed by atoms with E-state index in [0.717, 1.165) is 27.8 Å². The molecule has 0 aromatic carbocycles. The third kappa shape index (κ3) is 2.56. The van der Waals surface area contributed by atoms with E-state index in [9.17, 15) is 0 Å². The molecule has 1 unspecified atom stereocenters. The molecule has 0 spiro atoms. The van der Waals surface area contributed by atoms with Crippen molar-refractivity contribution >= 4 is 15.9 Å². The first-order chi connectivity index (χ1) is 8.09. The van der Waals surface area contributed by atoms with Gasteiger partial charge in [0.2, 0.25) is 0 Å². The molecule has 0 radical (unpaired) electrons. The monoisotopic (exact) mass is 294 g/mol. The molecule has 1 atom stereocenters. The lowest BCUT2D eigenvalue weighted by Gasteiger charge is -2.12. The number of rotatable bonds is 3. The first-order valence-corrected chi connectivity index (χ1v) is 6.22. The minimum atomic E-state index is -0.0379. The van der Waals surface area contributed by atoms with Crippen molar-refractivity contribution in [2.75, 3.05) is 0 Å². The fraction of sp³-hybridized carbons (Fsp3) is 0.333. The Bertz CT molecular complexity index is 507. The summed E-state index contributed by atoms with van der Waals surface area (Å²) < 4.78 is 2.92. The summed E-state index contributed by atoms with van der Waals surface area (Å²) in [7, 11) is 1.94. The summed E-state index contributed by atoms with van der Waals surface area (Å²) in [5, 5.41) is 4.36. The number of hydrogen-bond acceptors (Lipinski definition) is 3. The van der Waals surface area contributed by atoms with Gasteiger partial charge in [0.05, 0.1) is 15.9 Å². The van der Waals surface area contributed by atoms with E-state index < -0.39 is 0 Å². The first-order valence-electron chi connectivity index (χ1n) is 5.43. The van der Waals surface area contributed by atoms with Gasteiger partial charge in [0.1, 0.15) is 0 Å². The number of pyridine rings is 1. The highest BCUT2D eigenvalue weighted by molar-refractivity contribution is 9.10. The van der Waals surface area contributed by atoms with Crippen LogP contribution in [0.1, 0.15) is 23.0 Å². The van der Waals surface area contributed by atoms with Crippen LogP contribution in [0.3, 0.4) is 0 Å². The summed E-state index contributed by atoms with van der Waals surface area (Å²) in [4.78, 5) is 3.99. The largest absolute Gasteiger partial charge is 0.324 e. The molecule has 2 heterocycles. The lowest BCUT2D eigenvalue weighted by molar-refractivity contribution is 0.638. The van der Waals surface area contributed by atoms with Crippen molar-refractivity contribution < 1.29 is 0 Å². The van der Waals surface area contributed by atoms with Crippen molar-refractivity contribution in [1.29, 1.82) is 0 Å². The number of halogens is 1. The molecule has 0 aliphatic heterocycles. The molecule has 17 heavy (non-hydrogen) atoms. The Morgan fingerprint density at radius 2 is 2.06 bits per heavy atom. The highest BCUT2D eigenvalue weighted by Crippen LogP contribution is 2.24. The van der Waals surface area contributed by atoms with Crippen LogP contribution in [0, 0.1) is 6.92 Å². The van der Waals surface area contributed by atoms with Crippen LogP contribution in [0.15, 0.2) is 29.0 Å². The predicted molar refractivity (Wildman–Crippen MR) is 70.5 cm³/mol. The molecular formula is C12H15BrN4. The molecule has 0 amide bonds. The second-order valence-electron chi connectivity index (χ2n) is 4.06. The number of nitrogens with two attached hydrogens (primary N) is 1. The highest BCUT2D eigenvalue weighted by atomic mass is 79.9. The molecule has 0 saturated carbocycles. The number of aryl methyl sites for hydroxylation is 2. The Morgan fingerprint density at radius 3 is 2.59 bits per heavy atom. The number of hydrogen-bond donors (Lipinski definition) is 1. The molecule has 2 aromatic rings. The molecule has 0 fully saturated rings. The molecular weight excluding hydrogens is 280 g/mol. The maximum atomic E-state index is 6.18. The Kier molecular flexibility index (Phi) is 3.59. The quantitative estimate of drug-likeness (QED) is 0.943. The maximum Gasteiger partial charge on any atom is 0.0738 e. The normalized spacial score (nSPS) is 12.7. The van der Waals surface area contributed by atoms with Crippen molar-refractivity contribution in [2.24, 2.45) is 12.8 Å². The van der Waals surface area contributed by atoms with Gasteiger partial charge >= 0.3 is 0 Å². The van der Waals surface area contributed by atoms with Gasteiger partial charge in [-0.1, -0.05) is 0 Å². The van der Waals surface area contributed by atoms with Crippen molar-refractivity contribution in [3.05, 3.63) is 46.0 Å². The molecule has 0 aliphatic rings. The van der Waals surface area contributed by atoms with Crippen LogP contribution in [0.25, 0.3) is 0 Å². The molecule has 0 saturated heterocycles. The van der Waals surface area contributed by atoms with Crippen molar-refractivity contribution in [2.45, 2.75) is 19.4 Å². The van der Waals surface area contributed by atoms with Gasteiger partial charge in [0, 0.05) is 31.9 Å². The predicted octanol–water partition coefficient (Wildman–Crippen LogP) is 2.13. The van der Waals surface area contributed by atoms with E-state index in [-0.39, 0.29) is 6.04 Å². The summed E-state index contributed by atoms with van der Waals surface area (Å²) in [5.74, 6) is 0. The molecule has 2 rings (SSSR count). The van der Waals surface area contributed by atoms with Crippen LogP contribution in [0.5, 0.6) is 0 Å². The Morgan fingerprint density at radius 1 is 1.41 bits per heavy atom. The zero-order valence-corrected chi connectivity index (χ0v) is 11.5. The minimum absolute atomic E-state index is 0.0379. The molecule has 0 bridgehead atoms. The van der Waals surface area contributed by atoms with Crippen molar-refractivity contribution in [3.63, 3.8) is 0 Å². The topological polar surface area (TPSA) is 56.7 Å². The summed E-state index contributed by atoms with van der Waals surface area (Å²) in [6.45, 7) is 1.98. The number of nitrogens with zero attached hydrogens (tertiary/aromatic N) is 3. The smallest absolute Gasteiger partial charge is 0.0738 e. The standard InChI is InChI=1S/C12H15BrN4/c1-8-12(13)11(17(2)16-8)7-10(14)9-3-5-15-6-4-9/h3-6,10H,7,14H2,1-2H3. The fourth-order valence-corrected chi connectivity index (χ4v) is 2.34.